The van der Waals surface area contributed by atoms with Crippen LogP contribution in [0.4, 0.5) is 5.69 Å². The maximum atomic E-state index is 14.6. The predicted molar refractivity (Wildman–Crippen MR) is 291 cm³/mol. The number of amides is 9. The van der Waals surface area contributed by atoms with Gasteiger partial charge in [0.25, 0.3) is 17.3 Å². The molecule has 0 bridgehead atoms. The second-order valence-corrected chi connectivity index (χ2v) is 22.5. The molecule has 4 aromatic carbocycles. The first kappa shape index (κ1) is 55.5. The second-order valence-electron chi connectivity index (χ2n) is 21.0. The van der Waals surface area contributed by atoms with Crippen molar-refractivity contribution >= 4 is 82.9 Å². The monoisotopic (exact) mass is 1120 g/mol. The number of nitrogens with one attached hydrogen (secondary N) is 5. The van der Waals surface area contributed by atoms with Crippen LogP contribution in [0.2, 0.25) is 0 Å². The molecule has 0 aliphatic carbocycles. The van der Waals surface area contributed by atoms with Crippen molar-refractivity contribution < 1.29 is 62.3 Å². The van der Waals surface area contributed by atoms with E-state index >= 15 is 0 Å². The fraction of sp³-hybridized carbons (Fsp3) is 0.345. The summed E-state index contributed by atoms with van der Waals surface area (Å²) >= 11 is 0. The summed E-state index contributed by atoms with van der Waals surface area (Å²) in [7, 11) is -5.08. The van der Waals surface area contributed by atoms with Crippen LogP contribution < -0.4 is 31.9 Å². The van der Waals surface area contributed by atoms with Gasteiger partial charge in [-0.2, -0.15) is 0 Å². The molecule has 9 amide bonds. The molecule has 23 heteroatoms. The molecule has 22 nitrogen and oxygen atoms in total. The molecule has 5 aliphatic heterocycles. The summed E-state index contributed by atoms with van der Waals surface area (Å²) in [6, 6.07) is 18.9. The van der Waals surface area contributed by atoms with Gasteiger partial charge in [-0.15, -0.1) is 0 Å². The van der Waals surface area contributed by atoms with E-state index in [0.717, 1.165) is 17.5 Å². The Morgan fingerprint density at radius 3 is 2.33 bits per heavy atom. The van der Waals surface area contributed by atoms with Crippen molar-refractivity contribution in [2.75, 3.05) is 18.0 Å². The van der Waals surface area contributed by atoms with E-state index in [-0.39, 0.29) is 80.0 Å². The van der Waals surface area contributed by atoms with Crippen LogP contribution in [0.15, 0.2) is 91.0 Å². The van der Waals surface area contributed by atoms with Gasteiger partial charge >= 0.3 is 7.60 Å². The van der Waals surface area contributed by atoms with Crippen LogP contribution in [0.25, 0.3) is 10.9 Å². The van der Waals surface area contributed by atoms with Gasteiger partial charge in [0.15, 0.2) is 0 Å². The maximum Gasteiger partial charge on any atom is 0.396 e. The zero-order chi connectivity index (χ0) is 57.3. The highest BCUT2D eigenvalue weighted by molar-refractivity contribution is 7.70. The molecule has 5 aromatic rings. The van der Waals surface area contributed by atoms with Crippen molar-refractivity contribution in [3.63, 3.8) is 0 Å². The Labute approximate surface area is 464 Å². The minimum Gasteiger partial charge on any atom is -0.370 e. The number of H-pyrrole nitrogens is 1. The van der Waals surface area contributed by atoms with Gasteiger partial charge in [-0.1, -0.05) is 66.4 Å². The number of aromatic amines is 1. The lowest BCUT2D eigenvalue weighted by Gasteiger charge is -2.35. The first-order chi connectivity index (χ1) is 38.8. The number of likely N-dealkylation sites (tertiary alicyclic amines) is 1. The first-order valence-corrected chi connectivity index (χ1v) is 28.4. The van der Waals surface area contributed by atoms with Gasteiger partial charge in [0, 0.05) is 72.9 Å². The molecule has 9 N–H and O–H groups in total. The minimum atomic E-state index is -5.08. The number of nitrogens with zero attached hydrogens (tertiary/aromatic N) is 3. The number of aryl methyl sites for hydroxylation is 1. The number of imide groups is 1. The van der Waals surface area contributed by atoms with Crippen molar-refractivity contribution in [1.82, 2.24) is 36.1 Å². The highest BCUT2D eigenvalue weighted by Crippen LogP contribution is 2.41. The van der Waals surface area contributed by atoms with E-state index in [1.165, 1.54) is 34.1 Å². The van der Waals surface area contributed by atoms with Gasteiger partial charge in [0.1, 0.15) is 35.9 Å². The number of nitrogens with two attached hydrogens (primary N) is 1. The topological polar surface area (TPSA) is 328 Å². The fourth-order valence-corrected chi connectivity index (χ4v) is 12.0. The van der Waals surface area contributed by atoms with Gasteiger partial charge in [0.2, 0.25) is 41.4 Å². The van der Waals surface area contributed by atoms with Crippen molar-refractivity contribution in [2.24, 2.45) is 11.7 Å². The van der Waals surface area contributed by atoms with E-state index < -0.39 is 78.8 Å². The second kappa shape index (κ2) is 23.1. The lowest BCUT2D eigenvalue weighted by Crippen LogP contribution is -2.58. The number of piperidine rings is 2. The number of carbonyl (C=O) groups excluding carboxylic acids is 10. The highest BCUT2D eigenvalue weighted by Gasteiger charge is 2.46. The molecular formula is C58H58N9O13P. The van der Waals surface area contributed by atoms with Gasteiger partial charge in [-0.05, 0) is 110 Å². The van der Waals surface area contributed by atoms with E-state index in [4.69, 9.17) is 5.73 Å². The highest BCUT2D eigenvalue weighted by atomic mass is 31.2. The zero-order valence-corrected chi connectivity index (χ0v) is 44.7. The number of para-hydroxylation sites is 1. The fourth-order valence-electron chi connectivity index (χ4n) is 11.5. The van der Waals surface area contributed by atoms with E-state index in [2.05, 4.69) is 38.1 Å². The van der Waals surface area contributed by atoms with Crippen LogP contribution >= 0.6 is 7.60 Å². The van der Waals surface area contributed by atoms with Crippen molar-refractivity contribution in [2.45, 2.75) is 107 Å². The predicted octanol–water partition coefficient (Wildman–Crippen LogP) is 2.93. The summed E-state index contributed by atoms with van der Waals surface area (Å²) in [5, 5.41) is 11.0. The van der Waals surface area contributed by atoms with E-state index in [9.17, 15) is 62.3 Å². The molecule has 0 saturated carbocycles. The van der Waals surface area contributed by atoms with Crippen LogP contribution in [-0.2, 0) is 57.5 Å². The molecular weight excluding hydrogens is 1060 g/mol. The van der Waals surface area contributed by atoms with Crippen LogP contribution in [0.3, 0.4) is 0 Å². The summed E-state index contributed by atoms with van der Waals surface area (Å²) < 4.78 is 11.6. The van der Waals surface area contributed by atoms with Gasteiger partial charge < -0.3 is 46.3 Å². The molecule has 418 valence electrons. The quantitative estimate of drug-likeness (QED) is 0.0401. The normalized spacial score (nSPS) is 19.6. The lowest BCUT2D eigenvalue weighted by molar-refractivity contribution is -0.139. The summed E-state index contributed by atoms with van der Waals surface area (Å²) in [5.74, 6) is 1.69. The third-order valence-corrected chi connectivity index (χ3v) is 16.6. The summed E-state index contributed by atoms with van der Waals surface area (Å²) in [4.78, 5) is 160. The summed E-state index contributed by atoms with van der Waals surface area (Å²) in [6.07, 6.45) is 3.05. The van der Waals surface area contributed by atoms with Crippen LogP contribution in [0.5, 0.6) is 0 Å². The number of primary amides is 1. The number of rotatable bonds is 16. The standard InChI is InChI=1S/C58H58N9O13P/c59-47(68)22-20-42(61-54(73)46-30-36-14-6-13-35-16-19-43(56(75)67(46)50(35)36)62-52(71)44-29-38-28-37(17-18-41(38)60-44)58(77)81(78,79)80)51(70)64-49(34-10-2-1-3-11-34)57(76)65-26-24-32(25-27-65)8-4-5-9-33-12-7-15-39-40(33)31-66(55(39)74)45-21-23-48(69)63-53(45)72/h1-3,6-7,10-15,17-18,28-29,32,42-43,45-46,49,60H,4,8,16,19-27,30-31H2,(H2,59,68)(H,61,73)(H,62,71)(H,64,70)(H,63,69,72)(H2,78,79,80)/t42-,43-,45?,46-,49-/m0/s1. The van der Waals surface area contributed by atoms with Crippen molar-refractivity contribution in [3.05, 3.63) is 136 Å². The number of benzene rings is 4. The number of fused-ring (bicyclic) bond motifs is 2. The lowest BCUT2D eigenvalue weighted by atomic mass is 9.91. The van der Waals surface area contributed by atoms with Crippen molar-refractivity contribution in [3.8, 4) is 11.8 Å². The third-order valence-electron chi connectivity index (χ3n) is 15.8. The molecule has 81 heavy (non-hydrogen) atoms. The first-order valence-electron chi connectivity index (χ1n) is 26.8. The molecule has 0 spiro atoms. The zero-order valence-electron chi connectivity index (χ0n) is 43.8. The molecule has 10 rings (SSSR count). The van der Waals surface area contributed by atoms with E-state index in [1.807, 2.05) is 12.1 Å². The Kier molecular flexibility index (Phi) is 15.9. The third kappa shape index (κ3) is 11.8. The maximum absolute atomic E-state index is 14.6. The number of aromatic nitrogens is 1. The van der Waals surface area contributed by atoms with Gasteiger partial charge in [-0.3, -0.25) is 62.7 Å². The molecule has 6 heterocycles. The van der Waals surface area contributed by atoms with E-state index in [0.29, 0.717) is 77.6 Å². The minimum absolute atomic E-state index is 0.00706. The average Bonchev–Trinajstić information content (AvgIpc) is 4.15. The molecule has 1 unspecified atom stereocenters. The molecule has 2 saturated heterocycles. The summed E-state index contributed by atoms with van der Waals surface area (Å²) in [6.45, 7) is 1.00. The Hall–Kier alpha value is -8.77. The number of anilines is 1. The number of hydrogen-bond acceptors (Lipinski definition) is 11. The van der Waals surface area contributed by atoms with Crippen LogP contribution in [-0.4, -0.2) is 121 Å². The summed E-state index contributed by atoms with van der Waals surface area (Å²) in [5.41, 5.74) is 8.66. The molecule has 5 atom stereocenters. The number of hydrogen-bond donors (Lipinski definition) is 8. The Balaban J connectivity index is 0.786. The molecule has 0 radical (unpaired) electrons. The number of carbonyl (C=O) groups is 10. The SMILES string of the molecule is NC(=O)CC[C@H](NC(=O)[C@@H]1Cc2cccc3c2N1C(=O)[C@@H](NC(=O)c1cc2cc(C(=O)P(=O)(O)O)ccc2[nH]1)CC3)C(=O)N[C@H](C(=O)N1CCC(CCC#Cc2cccc3c2CN(C2CCC(=O)NC2=O)C3=O)CC1)c1ccccc1. The Morgan fingerprint density at radius 2 is 1.59 bits per heavy atom. The molecule has 1 aromatic heterocycles. The Morgan fingerprint density at radius 1 is 0.840 bits per heavy atom. The van der Waals surface area contributed by atoms with Gasteiger partial charge in [-0.25, -0.2) is 0 Å². The van der Waals surface area contributed by atoms with Crippen LogP contribution in [0.1, 0.15) is 123 Å². The Bertz CT molecular complexity index is 3560. The average molecular weight is 1120 g/mol. The molecule has 5 aliphatic rings. The van der Waals surface area contributed by atoms with Gasteiger partial charge in [0.05, 0.1) is 5.69 Å². The molecule has 2 fully saturated rings. The largest absolute Gasteiger partial charge is 0.396 e. The van der Waals surface area contributed by atoms with Crippen molar-refractivity contribution in [1.29, 1.82) is 0 Å². The van der Waals surface area contributed by atoms with Crippen LogP contribution in [0, 0.1) is 17.8 Å². The van der Waals surface area contributed by atoms with E-state index in [1.54, 1.807) is 59.5 Å². The smallest absolute Gasteiger partial charge is 0.370 e.